The molecule has 0 saturated heterocycles. The topological polar surface area (TPSA) is 55.4 Å². The molecule has 0 unspecified atom stereocenters. The summed E-state index contributed by atoms with van der Waals surface area (Å²) >= 11 is 1.48. The lowest BCUT2D eigenvalue weighted by molar-refractivity contribution is -0.124. The quantitative estimate of drug-likeness (QED) is 0.654. The van der Waals surface area contributed by atoms with E-state index in [-0.39, 0.29) is 24.9 Å². The Morgan fingerprint density at radius 3 is 2.68 bits per heavy atom. The SMILES string of the molecule is O=C(COC(=O)c1cc2c(s1)CCCCC2)NCc1ccc(F)cc1. The molecule has 0 fully saturated rings. The molecular formula is C19H20FNO3S. The molecule has 6 heteroatoms. The molecule has 1 aliphatic rings. The molecule has 1 N–H and O–H groups in total. The van der Waals surface area contributed by atoms with Gasteiger partial charge < -0.3 is 10.1 Å². The highest BCUT2D eigenvalue weighted by atomic mass is 32.1. The molecule has 1 aromatic carbocycles. The maximum Gasteiger partial charge on any atom is 0.348 e. The van der Waals surface area contributed by atoms with Crippen LogP contribution in [0.25, 0.3) is 0 Å². The lowest BCUT2D eigenvalue weighted by Gasteiger charge is -2.06. The molecule has 1 aromatic heterocycles. The number of amides is 1. The maximum absolute atomic E-state index is 12.8. The molecule has 1 heterocycles. The number of carbonyl (C=O) groups is 2. The van der Waals surface area contributed by atoms with E-state index < -0.39 is 5.97 Å². The first kappa shape index (κ1) is 17.6. The van der Waals surface area contributed by atoms with Gasteiger partial charge in [-0.15, -0.1) is 11.3 Å². The number of benzene rings is 1. The molecule has 0 radical (unpaired) electrons. The molecule has 0 atom stereocenters. The van der Waals surface area contributed by atoms with E-state index in [1.807, 2.05) is 6.07 Å². The lowest BCUT2D eigenvalue weighted by Crippen LogP contribution is -2.28. The van der Waals surface area contributed by atoms with E-state index in [1.165, 1.54) is 40.3 Å². The summed E-state index contributed by atoms with van der Waals surface area (Å²) in [7, 11) is 0. The minimum Gasteiger partial charge on any atom is -0.451 e. The second kappa shape index (κ2) is 8.25. The fourth-order valence-electron chi connectivity index (χ4n) is 2.82. The van der Waals surface area contributed by atoms with Crippen LogP contribution in [0, 0.1) is 5.82 Å². The molecule has 3 rings (SSSR count). The van der Waals surface area contributed by atoms with Crippen molar-refractivity contribution in [2.45, 2.75) is 38.6 Å². The van der Waals surface area contributed by atoms with Crippen molar-refractivity contribution >= 4 is 23.2 Å². The van der Waals surface area contributed by atoms with Crippen LogP contribution in [0.3, 0.4) is 0 Å². The number of hydrogen-bond donors (Lipinski definition) is 1. The molecule has 1 amide bonds. The molecule has 25 heavy (non-hydrogen) atoms. The highest BCUT2D eigenvalue weighted by molar-refractivity contribution is 7.14. The van der Waals surface area contributed by atoms with Crippen LogP contribution >= 0.6 is 11.3 Å². The number of aryl methyl sites for hydroxylation is 2. The van der Waals surface area contributed by atoms with Crippen LogP contribution < -0.4 is 5.32 Å². The van der Waals surface area contributed by atoms with Gasteiger partial charge in [-0.1, -0.05) is 18.6 Å². The third kappa shape index (κ3) is 4.89. The molecule has 4 nitrogen and oxygen atoms in total. The van der Waals surface area contributed by atoms with Crippen LogP contribution in [-0.4, -0.2) is 18.5 Å². The third-order valence-corrected chi connectivity index (χ3v) is 5.40. The zero-order chi connectivity index (χ0) is 17.6. The number of fused-ring (bicyclic) bond motifs is 1. The Labute approximate surface area is 150 Å². The highest BCUT2D eigenvalue weighted by Gasteiger charge is 2.18. The van der Waals surface area contributed by atoms with Crippen molar-refractivity contribution < 1.29 is 18.7 Å². The van der Waals surface area contributed by atoms with E-state index in [0.717, 1.165) is 31.2 Å². The predicted octanol–water partition coefficient (Wildman–Crippen LogP) is 3.63. The molecule has 0 spiro atoms. The molecule has 0 saturated carbocycles. The van der Waals surface area contributed by atoms with E-state index in [0.29, 0.717) is 4.88 Å². The van der Waals surface area contributed by atoms with Crippen molar-refractivity contribution in [3.05, 3.63) is 57.0 Å². The number of esters is 1. The maximum atomic E-state index is 12.8. The van der Waals surface area contributed by atoms with Gasteiger partial charge in [0, 0.05) is 11.4 Å². The van der Waals surface area contributed by atoms with Gasteiger partial charge in [0.05, 0.1) is 0 Å². The van der Waals surface area contributed by atoms with Crippen molar-refractivity contribution in [1.29, 1.82) is 0 Å². The van der Waals surface area contributed by atoms with Gasteiger partial charge in [0.2, 0.25) is 0 Å². The molecule has 2 aromatic rings. The smallest absolute Gasteiger partial charge is 0.348 e. The van der Waals surface area contributed by atoms with E-state index >= 15 is 0 Å². The summed E-state index contributed by atoms with van der Waals surface area (Å²) in [6, 6.07) is 7.77. The standard InChI is InChI=1S/C19H20FNO3S/c20-15-8-6-13(7-9-15)11-21-18(22)12-24-19(23)17-10-14-4-2-1-3-5-16(14)25-17/h6-10H,1-5,11-12H2,(H,21,22). The van der Waals surface area contributed by atoms with Gasteiger partial charge in [0.1, 0.15) is 10.7 Å². The summed E-state index contributed by atoms with van der Waals surface area (Å²) in [6.07, 6.45) is 5.58. The zero-order valence-corrected chi connectivity index (χ0v) is 14.7. The fourth-order valence-corrected chi connectivity index (χ4v) is 3.97. The van der Waals surface area contributed by atoms with Gasteiger partial charge >= 0.3 is 5.97 Å². The Morgan fingerprint density at radius 2 is 1.88 bits per heavy atom. The minimum absolute atomic E-state index is 0.268. The first-order chi connectivity index (χ1) is 12.1. The second-order valence-electron chi connectivity index (χ2n) is 6.10. The number of carbonyl (C=O) groups excluding carboxylic acids is 2. The largest absolute Gasteiger partial charge is 0.451 e. The fraction of sp³-hybridized carbons (Fsp3) is 0.368. The molecule has 0 aliphatic heterocycles. The average Bonchev–Trinajstić information content (AvgIpc) is 2.90. The number of rotatable bonds is 5. The van der Waals surface area contributed by atoms with Crippen molar-refractivity contribution in [3.8, 4) is 0 Å². The summed E-state index contributed by atoms with van der Waals surface area (Å²) < 4.78 is 17.9. The van der Waals surface area contributed by atoms with Crippen LogP contribution in [0.4, 0.5) is 4.39 Å². The average molecular weight is 361 g/mol. The Balaban J connectivity index is 1.47. The Morgan fingerprint density at radius 1 is 1.12 bits per heavy atom. The summed E-state index contributed by atoms with van der Waals surface area (Å²) in [4.78, 5) is 25.8. The van der Waals surface area contributed by atoms with E-state index in [4.69, 9.17) is 4.74 Å². The van der Waals surface area contributed by atoms with Gasteiger partial charge in [-0.2, -0.15) is 0 Å². The number of hydrogen-bond acceptors (Lipinski definition) is 4. The molecule has 0 bridgehead atoms. The van der Waals surface area contributed by atoms with Gasteiger partial charge in [-0.25, -0.2) is 9.18 Å². The van der Waals surface area contributed by atoms with Crippen molar-refractivity contribution in [2.75, 3.05) is 6.61 Å². The van der Waals surface area contributed by atoms with E-state index in [2.05, 4.69) is 5.32 Å². The predicted molar refractivity (Wildman–Crippen MR) is 94.1 cm³/mol. The van der Waals surface area contributed by atoms with Crippen LogP contribution in [0.2, 0.25) is 0 Å². The Kier molecular flexibility index (Phi) is 5.81. The monoisotopic (exact) mass is 361 g/mol. The number of ether oxygens (including phenoxy) is 1. The van der Waals surface area contributed by atoms with Crippen LogP contribution in [0.1, 0.15) is 44.9 Å². The molecule has 132 valence electrons. The number of nitrogens with one attached hydrogen (secondary N) is 1. The zero-order valence-electron chi connectivity index (χ0n) is 13.8. The Hall–Kier alpha value is -2.21. The summed E-state index contributed by atoms with van der Waals surface area (Å²) in [5.41, 5.74) is 2.03. The van der Waals surface area contributed by atoms with Crippen LogP contribution in [0.5, 0.6) is 0 Å². The van der Waals surface area contributed by atoms with Crippen molar-refractivity contribution in [3.63, 3.8) is 0 Å². The van der Waals surface area contributed by atoms with Gasteiger partial charge in [0.25, 0.3) is 5.91 Å². The van der Waals surface area contributed by atoms with Crippen molar-refractivity contribution in [2.24, 2.45) is 0 Å². The highest BCUT2D eigenvalue weighted by Crippen LogP contribution is 2.29. The van der Waals surface area contributed by atoms with Gasteiger partial charge in [-0.05, 0) is 55.0 Å². The Bertz CT molecular complexity index is 731. The van der Waals surface area contributed by atoms with Gasteiger partial charge in [0.15, 0.2) is 6.61 Å². The normalized spacial score (nSPS) is 13.6. The van der Waals surface area contributed by atoms with E-state index in [1.54, 1.807) is 12.1 Å². The van der Waals surface area contributed by atoms with Crippen LogP contribution in [-0.2, 0) is 28.9 Å². The molecular weight excluding hydrogens is 341 g/mol. The third-order valence-electron chi connectivity index (χ3n) is 4.19. The summed E-state index contributed by atoms with van der Waals surface area (Å²) in [6.45, 7) is -0.0491. The summed E-state index contributed by atoms with van der Waals surface area (Å²) in [5, 5.41) is 2.65. The first-order valence-corrected chi connectivity index (χ1v) is 9.23. The second-order valence-corrected chi connectivity index (χ2v) is 7.24. The number of halogens is 1. The molecule has 1 aliphatic carbocycles. The lowest BCUT2D eigenvalue weighted by atomic mass is 10.1. The van der Waals surface area contributed by atoms with Gasteiger partial charge in [-0.3, -0.25) is 4.79 Å². The van der Waals surface area contributed by atoms with Crippen LogP contribution in [0.15, 0.2) is 30.3 Å². The summed E-state index contributed by atoms with van der Waals surface area (Å²) in [5.74, 6) is -1.15. The van der Waals surface area contributed by atoms with E-state index in [9.17, 15) is 14.0 Å². The number of thiophene rings is 1. The minimum atomic E-state index is -0.449. The first-order valence-electron chi connectivity index (χ1n) is 8.41. The van der Waals surface area contributed by atoms with Crippen molar-refractivity contribution in [1.82, 2.24) is 5.32 Å².